The van der Waals surface area contributed by atoms with Gasteiger partial charge in [-0.15, -0.1) is 0 Å². The van der Waals surface area contributed by atoms with Crippen LogP contribution in [0.3, 0.4) is 0 Å². The van der Waals surface area contributed by atoms with Crippen LogP contribution < -0.4 is 62.5 Å². The Bertz CT molecular complexity index is 3930. The Morgan fingerprint density at radius 1 is 0.694 bits per heavy atom. The van der Waals surface area contributed by atoms with Crippen LogP contribution in [-0.4, -0.2) is 183 Å². The first-order valence-electron chi connectivity index (χ1n) is 29.8. The van der Waals surface area contributed by atoms with Gasteiger partial charge in [0.1, 0.15) is 102 Å². The molecule has 22 N–H and O–H groups in total. The second-order valence-corrected chi connectivity index (χ2v) is 25.0. The third-order valence-electron chi connectivity index (χ3n) is 16.3. The van der Waals surface area contributed by atoms with Crippen molar-refractivity contribution in [2.75, 3.05) is 20.4 Å². The fourth-order valence-corrected chi connectivity index (χ4v) is 11.9. The first kappa shape index (κ1) is 73.4. The summed E-state index contributed by atoms with van der Waals surface area (Å²) in [6.07, 6.45) is -15.1. The van der Waals surface area contributed by atoms with Crippen LogP contribution in [0.5, 0.6) is 46.0 Å². The van der Waals surface area contributed by atoms with E-state index in [-0.39, 0.29) is 34.2 Å². The molecule has 6 heterocycles. The molecule has 6 aliphatic heterocycles. The molecule has 6 unspecified atom stereocenters. The Balaban J connectivity index is 1.32. The highest BCUT2D eigenvalue weighted by Crippen LogP contribution is 2.50. The molecule has 0 spiro atoms. The summed E-state index contributed by atoms with van der Waals surface area (Å²) < 4.78 is 29.6. The molecule has 0 saturated carbocycles. The number of halogens is 2. The molecule has 14 atom stereocenters. The molecule has 34 nitrogen and oxygen atoms in total. The number of primary amides is 1. The SMILES string of the molecule is CN[C@H](CC(C)C)C(=O)N[C@H]1C(=O)N[C@@H](CC(N)=O)C(=O)N[C@H]2C(=O)NC3C(=O)N[C@H](C(=O)N[C@H](C(=O)O)c4cc(O)c(CNCOP(O)O)c(O)c4-c4cc3ccc4O)[C@H](O)c3ccc(c(Cl)c3)Oc3cc2cc(c3OC2OC(CO)C(O)C(O)C2O)Oc2ccc(cc2Cl)[C@H]1O. The van der Waals surface area contributed by atoms with E-state index < -0.39 is 246 Å². The van der Waals surface area contributed by atoms with Crippen LogP contribution in [0.25, 0.3) is 11.1 Å². The van der Waals surface area contributed by atoms with Crippen molar-refractivity contribution in [3.05, 3.63) is 116 Å². The summed E-state index contributed by atoms with van der Waals surface area (Å²) in [5.41, 5.74) is 1.99. The second-order valence-electron chi connectivity index (χ2n) is 23.4. The van der Waals surface area contributed by atoms with Crippen LogP contribution in [0.1, 0.15) is 90.4 Å². The number of phenols is 3. The van der Waals surface area contributed by atoms with Gasteiger partial charge in [-0.25, -0.2) is 4.79 Å². The fourth-order valence-electron chi connectivity index (χ4n) is 11.3. The number of aliphatic hydroxyl groups excluding tert-OH is 6. The van der Waals surface area contributed by atoms with Crippen molar-refractivity contribution in [2.45, 2.75) is 118 Å². The molecule has 0 radical (unpaired) electrons. The van der Waals surface area contributed by atoms with Gasteiger partial charge in [-0.1, -0.05) is 55.2 Å². The number of aromatic hydroxyl groups is 3. The van der Waals surface area contributed by atoms with Gasteiger partial charge in [0.05, 0.1) is 34.7 Å². The molecular weight excluding hydrogens is 1360 g/mol. The Morgan fingerprint density at radius 3 is 1.88 bits per heavy atom. The smallest absolute Gasteiger partial charge is 0.330 e. The number of hydrogen-bond donors (Lipinski definition) is 21. The molecule has 5 aromatic carbocycles. The predicted octanol–water partition coefficient (Wildman–Crippen LogP) is -0.856. The van der Waals surface area contributed by atoms with Crippen LogP contribution in [-0.2, 0) is 54.2 Å². The number of aliphatic hydroxyl groups is 6. The lowest BCUT2D eigenvalue weighted by Crippen LogP contribution is -2.60. The number of rotatable bonds is 16. The maximum absolute atomic E-state index is 15.9. The van der Waals surface area contributed by atoms with E-state index in [9.17, 15) is 84.8 Å². The third kappa shape index (κ3) is 16.0. The predicted molar refractivity (Wildman–Crippen MR) is 337 cm³/mol. The summed E-state index contributed by atoms with van der Waals surface area (Å²) in [6.45, 7) is 1.46. The van der Waals surface area contributed by atoms with E-state index in [1.54, 1.807) is 0 Å². The Labute approximate surface area is 565 Å². The monoisotopic (exact) mass is 1430 g/mol. The minimum absolute atomic E-state index is 0.100. The number of ether oxygens (including phenoxy) is 4. The number of phenolic OH excluding ortho intramolecular Hbond substituents is 3. The quantitative estimate of drug-likeness (QED) is 0.0325. The van der Waals surface area contributed by atoms with Gasteiger partial charge in [0.2, 0.25) is 53.4 Å². The Morgan fingerprint density at radius 2 is 1.30 bits per heavy atom. The summed E-state index contributed by atoms with van der Waals surface area (Å²) in [5, 5.41) is 133. The van der Waals surface area contributed by atoms with E-state index in [0.29, 0.717) is 0 Å². The Kier molecular flexibility index (Phi) is 23.2. The Hall–Kier alpha value is -8.81. The number of aliphatic carboxylic acids is 1. The van der Waals surface area contributed by atoms with Gasteiger partial charge < -0.3 is 123 Å². The highest BCUT2D eigenvalue weighted by molar-refractivity contribution is 7.39. The van der Waals surface area contributed by atoms with Gasteiger partial charge in [-0.05, 0) is 96.2 Å². The zero-order valence-electron chi connectivity index (χ0n) is 51.6. The van der Waals surface area contributed by atoms with E-state index in [1.807, 2.05) is 13.8 Å². The number of fused-ring (bicyclic) bond motifs is 15. The van der Waals surface area contributed by atoms with Gasteiger partial charge in [0.15, 0.2) is 17.5 Å². The van der Waals surface area contributed by atoms with Crippen molar-refractivity contribution in [1.82, 2.24) is 42.5 Å². The molecular formula is C61H68Cl2N9O25P. The third-order valence-corrected chi connectivity index (χ3v) is 17.2. The summed E-state index contributed by atoms with van der Waals surface area (Å²) in [4.78, 5) is 135. The normalized spacial score (nSPS) is 25.3. The van der Waals surface area contributed by atoms with Gasteiger partial charge in [-0.2, -0.15) is 0 Å². The fraction of sp³-hybridized carbons (Fsp3) is 0.377. The van der Waals surface area contributed by atoms with Crippen molar-refractivity contribution in [2.24, 2.45) is 11.7 Å². The molecule has 37 heteroatoms. The lowest BCUT2D eigenvalue weighted by Gasteiger charge is -2.39. The molecule has 1 saturated heterocycles. The maximum atomic E-state index is 15.9. The largest absolute Gasteiger partial charge is 0.507 e. The number of carboxylic acids is 1. The second kappa shape index (κ2) is 30.9. The minimum Gasteiger partial charge on any atom is -0.507 e. The number of likely N-dealkylation sites (N-methyl/N-ethyl adjacent to an activating group) is 1. The number of carbonyl (C=O) groups excluding carboxylic acids is 7. The van der Waals surface area contributed by atoms with E-state index in [0.717, 1.165) is 66.7 Å². The number of nitrogens with one attached hydrogen (secondary N) is 8. The number of nitrogens with two attached hydrogens (primary N) is 1. The maximum Gasteiger partial charge on any atom is 0.330 e. The van der Waals surface area contributed by atoms with Crippen molar-refractivity contribution in [3.8, 4) is 57.1 Å². The standard InChI is InChI=1S/C61H68Cl2N9O25P/c1-21(2)10-31(65-3)54(83)71-45-47(77)23-5-8-35(29(62)12-23)94-37-14-25-15-38(53(37)97-61-52(82)51(81)50(80)39(19-73)96-61)95-36-9-6-24(13-30(36)63)48(78)46-59(88)70-44(60(89)90)27-16-34(75)28(18-66-20-93-98(91)92)49(79)41(27)26-11-22(4-7-33(26)74)42(56(85)72-46)69-57(86)43(25)68-55(84)32(17-40(64)76)67-58(45)87/h4-9,11-16,21,31-32,39,42-48,50-52,61,65-66,73-75,77-82,91-92H,10,17-20H2,1-3H3,(H2,64,76)(H,67,87)(H,68,84)(H,69,86)(H,70,88)(H,71,83)(H,72,85)(H,89,90)/t31-,32+,39?,42?,43-,44+,45-,46+,47-,48-,50?,51?,52?,61?/m1/s1. The van der Waals surface area contributed by atoms with Crippen LogP contribution in [0.4, 0.5) is 0 Å². The van der Waals surface area contributed by atoms with E-state index in [1.165, 1.54) is 13.1 Å². The minimum atomic E-state index is -2.92. The highest BCUT2D eigenvalue weighted by Gasteiger charge is 2.47. The first-order chi connectivity index (χ1) is 46.4. The molecule has 6 aliphatic rings. The lowest BCUT2D eigenvalue weighted by molar-refractivity contribution is -0.277. The average Bonchev–Trinajstić information content (AvgIpc) is 0.763. The first-order valence-corrected chi connectivity index (χ1v) is 31.7. The van der Waals surface area contributed by atoms with E-state index in [2.05, 4.69) is 42.5 Å². The number of benzene rings is 5. The number of hydrogen-bond acceptors (Lipinski definition) is 26. The topological polar surface area (TPSA) is 548 Å². The molecule has 0 aromatic heterocycles. The average molecular weight is 1430 g/mol. The van der Waals surface area contributed by atoms with Crippen LogP contribution >= 0.6 is 31.8 Å². The van der Waals surface area contributed by atoms with Gasteiger partial charge in [0.25, 0.3) is 0 Å². The van der Waals surface area contributed by atoms with Crippen molar-refractivity contribution >= 4 is 79.1 Å². The molecule has 0 aliphatic carbocycles. The van der Waals surface area contributed by atoms with Gasteiger partial charge >= 0.3 is 14.6 Å². The van der Waals surface area contributed by atoms with E-state index in [4.69, 9.17) is 52.4 Å². The zero-order valence-corrected chi connectivity index (χ0v) is 54.0. The van der Waals surface area contributed by atoms with Crippen LogP contribution in [0, 0.1) is 5.92 Å². The molecule has 11 bridgehead atoms. The lowest BCUT2D eigenvalue weighted by atomic mass is 9.88. The van der Waals surface area contributed by atoms with Crippen molar-refractivity contribution < 1.29 is 123 Å². The van der Waals surface area contributed by atoms with Crippen LogP contribution in [0.2, 0.25) is 10.0 Å². The summed E-state index contributed by atoms with van der Waals surface area (Å²) in [6, 6.07) is -2.14. The van der Waals surface area contributed by atoms with Crippen molar-refractivity contribution in [1.29, 1.82) is 0 Å². The number of carbonyl (C=O) groups is 8. The molecule has 5 aromatic rings. The van der Waals surface area contributed by atoms with Gasteiger partial charge in [-0.3, -0.25) is 43.4 Å². The molecule has 1 fully saturated rings. The van der Waals surface area contributed by atoms with Gasteiger partial charge in [0, 0.05) is 23.2 Å². The van der Waals surface area contributed by atoms with E-state index >= 15 is 14.4 Å². The summed E-state index contributed by atoms with van der Waals surface area (Å²) >= 11 is 13.9. The number of carboxylic acid groups (broad SMARTS) is 1. The van der Waals surface area contributed by atoms with Crippen molar-refractivity contribution in [3.63, 3.8) is 0 Å². The summed E-state index contributed by atoms with van der Waals surface area (Å²) in [5.74, 6) is -16.7. The zero-order chi connectivity index (χ0) is 71.5. The molecule has 526 valence electrons. The number of amides is 7. The highest BCUT2D eigenvalue weighted by atomic mass is 35.5. The molecule has 7 amide bonds. The summed E-state index contributed by atoms with van der Waals surface area (Å²) in [7, 11) is -1.45. The van der Waals surface area contributed by atoms with Crippen LogP contribution in [0.15, 0.2) is 72.8 Å². The molecule has 11 rings (SSSR count). The molecule has 98 heavy (non-hydrogen) atoms.